The molecule has 0 atom stereocenters. The van der Waals surface area contributed by atoms with Gasteiger partial charge >= 0.3 is 0 Å². The smallest absolute Gasteiger partial charge is 0.234 e. The Balaban J connectivity index is 2.12. The number of hydrogen-bond donors (Lipinski definition) is 2. The van der Waals surface area contributed by atoms with E-state index in [1.807, 2.05) is 12.1 Å². The van der Waals surface area contributed by atoms with Crippen LogP contribution in [0.25, 0.3) is 0 Å². The molecule has 0 saturated heterocycles. The molecule has 6 nitrogen and oxygen atoms in total. The van der Waals surface area contributed by atoms with Gasteiger partial charge < -0.3 is 11.1 Å². The lowest BCUT2D eigenvalue weighted by Crippen LogP contribution is -2.14. The number of nitrogen functional groups attached to an aromatic ring is 1. The van der Waals surface area contributed by atoms with Gasteiger partial charge in [0, 0.05) is 10.7 Å². The van der Waals surface area contributed by atoms with Gasteiger partial charge in [0.15, 0.2) is 0 Å². The standard InChI is InChI=1S/C16H12ClN5OS/c1-9-12(6-18)15(20)22-16(13(9)7-19)24-8-14(23)21-11-4-2-10(17)3-5-11/h2-5H,8H2,1H3,(H2,20,22)(H,21,23). The maximum Gasteiger partial charge on any atom is 0.234 e. The third kappa shape index (κ3) is 3.96. The van der Waals surface area contributed by atoms with Gasteiger partial charge in [-0.1, -0.05) is 23.4 Å². The van der Waals surface area contributed by atoms with Crippen LogP contribution in [0.15, 0.2) is 29.3 Å². The highest BCUT2D eigenvalue weighted by Gasteiger charge is 2.16. The minimum absolute atomic E-state index is 0.0506. The van der Waals surface area contributed by atoms with Crippen molar-refractivity contribution in [1.82, 2.24) is 4.98 Å². The molecule has 24 heavy (non-hydrogen) atoms. The predicted molar refractivity (Wildman–Crippen MR) is 93.6 cm³/mol. The summed E-state index contributed by atoms with van der Waals surface area (Å²) in [6, 6.07) is 10.7. The van der Waals surface area contributed by atoms with E-state index < -0.39 is 0 Å². The van der Waals surface area contributed by atoms with E-state index in [4.69, 9.17) is 22.6 Å². The zero-order chi connectivity index (χ0) is 17.7. The third-order valence-electron chi connectivity index (χ3n) is 3.13. The lowest BCUT2D eigenvalue weighted by Gasteiger charge is -2.09. The molecule has 0 saturated carbocycles. The zero-order valence-corrected chi connectivity index (χ0v) is 14.2. The van der Waals surface area contributed by atoms with E-state index in [1.165, 1.54) is 0 Å². The number of benzene rings is 1. The number of carbonyl (C=O) groups is 1. The van der Waals surface area contributed by atoms with Crippen molar-refractivity contribution in [3.05, 3.63) is 46.0 Å². The maximum absolute atomic E-state index is 12.0. The maximum atomic E-state index is 12.0. The van der Waals surface area contributed by atoms with Crippen LogP contribution in [0, 0.1) is 29.6 Å². The number of nitrogens with two attached hydrogens (primary N) is 1. The zero-order valence-electron chi connectivity index (χ0n) is 12.6. The van der Waals surface area contributed by atoms with Crippen molar-refractivity contribution in [2.45, 2.75) is 11.9 Å². The monoisotopic (exact) mass is 357 g/mol. The third-order valence-corrected chi connectivity index (χ3v) is 4.36. The highest BCUT2D eigenvalue weighted by atomic mass is 35.5. The van der Waals surface area contributed by atoms with Crippen molar-refractivity contribution in [1.29, 1.82) is 10.5 Å². The molecule has 3 N–H and O–H groups in total. The number of carbonyl (C=O) groups excluding carboxylic acids is 1. The Morgan fingerprint density at radius 3 is 2.50 bits per heavy atom. The predicted octanol–water partition coefficient (Wildman–Crippen LogP) is 3.10. The Labute approximate surface area is 148 Å². The van der Waals surface area contributed by atoms with Gasteiger partial charge in [0.1, 0.15) is 23.0 Å². The molecule has 0 aliphatic heterocycles. The van der Waals surface area contributed by atoms with Crippen LogP contribution in [0.2, 0.25) is 5.02 Å². The molecular weight excluding hydrogens is 346 g/mol. The van der Waals surface area contributed by atoms with Gasteiger partial charge in [-0.3, -0.25) is 4.79 Å². The number of pyridine rings is 1. The van der Waals surface area contributed by atoms with Gasteiger partial charge in [-0.05, 0) is 36.8 Å². The summed E-state index contributed by atoms with van der Waals surface area (Å²) in [5.74, 6) is -0.155. The summed E-state index contributed by atoms with van der Waals surface area (Å²) in [7, 11) is 0. The summed E-state index contributed by atoms with van der Waals surface area (Å²) in [4.78, 5) is 16.1. The summed E-state index contributed by atoms with van der Waals surface area (Å²) in [5.41, 5.74) is 7.25. The van der Waals surface area contributed by atoms with Gasteiger partial charge in [-0.25, -0.2) is 4.98 Å². The minimum Gasteiger partial charge on any atom is -0.383 e. The Morgan fingerprint density at radius 1 is 1.29 bits per heavy atom. The molecule has 0 fully saturated rings. The topological polar surface area (TPSA) is 116 Å². The van der Waals surface area contributed by atoms with Crippen molar-refractivity contribution in [2.24, 2.45) is 0 Å². The first kappa shape index (κ1) is 17.6. The quantitative estimate of drug-likeness (QED) is 0.812. The molecule has 0 radical (unpaired) electrons. The van der Waals surface area contributed by atoms with Crippen molar-refractivity contribution in [3.63, 3.8) is 0 Å². The summed E-state index contributed by atoms with van der Waals surface area (Å²) in [6.45, 7) is 1.63. The van der Waals surface area contributed by atoms with E-state index in [0.29, 0.717) is 21.3 Å². The molecule has 0 spiro atoms. The molecule has 8 heteroatoms. The van der Waals surface area contributed by atoms with Gasteiger partial charge in [-0.2, -0.15) is 10.5 Å². The minimum atomic E-state index is -0.256. The first-order valence-corrected chi connectivity index (χ1v) is 8.11. The van der Waals surface area contributed by atoms with Crippen LogP contribution in [0.3, 0.4) is 0 Å². The number of rotatable bonds is 4. The first-order valence-electron chi connectivity index (χ1n) is 6.74. The molecule has 0 unspecified atom stereocenters. The lowest BCUT2D eigenvalue weighted by molar-refractivity contribution is -0.113. The summed E-state index contributed by atoms with van der Waals surface area (Å²) >= 11 is 6.88. The van der Waals surface area contributed by atoms with Crippen molar-refractivity contribution < 1.29 is 4.79 Å². The Kier molecular flexibility index (Phi) is 5.64. The number of anilines is 2. The number of nitrogens with zero attached hydrogens (tertiary/aromatic N) is 3. The lowest BCUT2D eigenvalue weighted by atomic mass is 10.1. The largest absolute Gasteiger partial charge is 0.383 e. The fourth-order valence-electron chi connectivity index (χ4n) is 1.94. The van der Waals surface area contributed by atoms with Crippen LogP contribution < -0.4 is 11.1 Å². The Hall–Kier alpha value is -2.74. The van der Waals surface area contributed by atoms with Gasteiger partial charge in [0.05, 0.1) is 16.9 Å². The van der Waals surface area contributed by atoms with Crippen molar-refractivity contribution in [2.75, 3.05) is 16.8 Å². The number of nitrogens with one attached hydrogen (secondary N) is 1. The van der Waals surface area contributed by atoms with Gasteiger partial charge in [0.25, 0.3) is 0 Å². The van der Waals surface area contributed by atoms with Gasteiger partial charge in [0.2, 0.25) is 5.91 Å². The van der Waals surface area contributed by atoms with Crippen LogP contribution in [-0.4, -0.2) is 16.6 Å². The normalized spacial score (nSPS) is 9.83. The molecule has 0 bridgehead atoms. The Morgan fingerprint density at radius 2 is 1.92 bits per heavy atom. The fraction of sp³-hybridized carbons (Fsp3) is 0.125. The number of thioether (sulfide) groups is 1. The molecule has 1 heterocycles. The molecular formula is C16H12ClN5OS. The van der Waals surface area contributed by atoms with E-state index in [9.17, 15) is 10.1 Å². The van der Waals surface area contributed by atoms with Crippen LogP contribution >= 0.6 is 23.4 Å². The molecule has 1 aromatic carbocycles. The highest BCUT2D eigenvalue weighted by Crippen LogP contribution is 2.27. The van der Waals surface area contributed by atoms with Crippen molar-refractivity contribution >= 4 is 40.8 Å². The van der Waals surface area contributed by atoms with E-state index >= 15 is 0 Å². The molecule has 0 aliphatic carbocycles. The summed E-state index contributed by atoms with van der Waals surface area (Å²) < 4.78 is 0. The molecule has 1 aromatic heterocycles. The second-order valence-corrected chi connectivity index (χ2v) is 6.15. The van der Waals surface area contributed by atoms with Crippen LogP contribution in [0.4, 0.5) is 11.5 Å². The van der Waals surface area contributed by atoms with E-state index in [1.54, 1.807) is 31.2 Å². The average molecular weight is 358 g/mol. The highest BCUT2D eigenvalue weighted by molar-refractivity contribution is 8.00. The van der Waals surface area contributed by atoms with Crippen molar-refractivity contribution in [3.8, 4) is 12.1 Å². The van der Waals surface area contributed by atoms with E-state index in [-0.39, 0.29) is 28.6 Å². The fourth-order valence-corrected chi connectivity index (χ4v) is 2.91. The number of aromatic nitrogens is 1. The van der Waals surface area contributed by atoms with Crippen LogP contribution in [0.5, 0.6) is 0 Å². The second kappa shape index (κ2) is 7.69. The Bertz CT molecular complexity index is 868. The molecule has 1 amide bonds. The average Bonchev–Trinajstić information content (AvgIpc) is 2.55. The molecule has 120 valence electrons. The SMILES string of the molecule is Cc1c(C#N)c(N)nc(SCC(=O)Nc2ccc(Cl)cc2)c1C#N. The molecule has 2 aromatic rings. The van der Waals surface area contributed by atoms with E-state index in [0.717, 1.165) is 11.8 Å². The second-order valence-electron chi connectivity index (χ2n) is 4.74. The molecule has 2 rings (SSSR count). The number of halogens is 1. The molecule has 0 aliphatic rings. The summed E-state index contributed by atoms with van der Waals surface area (Å²) in [5, 5.41) is 21.9. The number of amides is 1. The summed E-state index contributed by atoms with van der Waals surface area (Å²) in [6.07, 6.45) is 0. The van der Waals surface area contributed by atoms with Gasteiger partial charge in [-0.15, -0.1) is 0 Å². The van der Waals surface area contributed by atoms with Crippen LogP contribution in [0.1, 0.15) is 16.7 Å². The first-order chi connectivity index (χ1) is 11.5. The number of hydrogen-bond acceptors (Lipinski definition) is 6. The van der Waals surface area contributed by atoms with E-state index in [2.05, 4.69) is 10.3 Å². The number of nitriles is 2. The van der Waals surface area contributed by atoms with Crippen LogP contribution in [-0.2, 0) is 4.79 Å².